The van der Waals surface area contributed by atoms with Crippen molar-refractivity contribution in [3.63, 3.8) is 0 Å². The van der Waals surface area contributed by atoms with Crippen LogP contribution in [-0.4, -0.2) is 45.1 Å². The molecule has 2 amide bonds. The molecule has 0 saturated heterocycles. The van der Waals surface area contributed by atoms with Crippen LogP contribution in [0.4, 0.5) is 11.4 Å². The maximum Gasteiger partial charge on any atom is 0.258 e. The number of aromatic nitrogens is 1. The van der Waals surface area contributed by atoms with Gasteiger partial charge in [0.25, 0.3) is 11.8 Å². The Balaban J connectivity index is 1.56. The fourth-order valence-corrected chi connectivity index (χ4v) is 4.32. The second-order valence-electron chi connectivity index (χ2n) is 8.10. The van der Waals surface area contributed by atoms with Crippen molar-refractivity contribution in [1.82, 2.24) is 4.98 Å². The summed E-state index contributed by atoms with van der Waals surface area (Å²) in [5.41, 5.74) is 5.55. The van der Waals surface area contributed by atoms with Gasteiger partial charge in [0.05, 0.1) is 48.1 Å². The Kier molecular flexibility index (Phi) is 5.17. The summed E-state index contributed by atoms with van der Waals surface area (Å²) in [6.45, 7) is 0. The van der Waals surface area contributed by atoms with Gasteiger partial charge in [0.2, 0.25) is 0 Å². The summed E-state index contributed by atoms with van der Waals surface area (Å²) in [5, 5.41) is 0. The number of anilines is 2. The number of methoxy groups -OCH3 is 2. The minimum absolute atomic E-state index is 0.109. The highest BCUT2D eigenvalue weighted by Crippen LogP contribution is 2.40. The van der Waals surface area contributed by atoms with Gasteiger partial charge in [-0.2, -0.15) is 0 Å². The van der Waals surface area contributed by atoms with Gasteiger partial charge in [-0.05, 0) is 60.7 Å². The summed E-state index contributed by atoms with van der Waals surface area (Å²) < 4.78 is 10.7. The second-order valence-corrected chi connectivity index (χ2v) is 8.10. The number of amides is 2. The molecule has 1 aromatic heterocycles. The molecule has 34 heavy (non-hydrogen) atoms. The van der Waals surface area contributed by atoms with Crippen LogP contribution in [0.3, 0.4) is 0 Å². The molecule has 3 aromatic rings. The number of ether oxygens (including phenoxy) is 2. The highest BCUT2D eigenvalue weighted by Gasteiger charge is 2.31. The molecule has 7 heteroatoms. The van der Waals surface area contributed by atoms with Crippen molar-refractivity contribution in [1.29, 1.82) is 0 Å². The van der Waals surface area contributed by atoms with Crippen molar-refractivity contribution in [3.05, 3.63) is 77.1 Å². The number of fused-ring (bicyclic) bond motifs is 2. The van der Waals surface area contributed by atoms with Crippen LogP contribution < -0.4 is 19.3 Å². The maximum atomic E-state index is 12.9. The van der Waals surface area contributed by atoms with Gasteiger partial charge >= 0.3 is 0 Å². The molecule has 0 bridgehead atoms. The number of benzene rings is 2. The third-order valence-corrected chi connectivity index (χ3v) is 6.16. The van der Waals surface area contributed by atoms with Crippen molar-refractivity contribution in [2.24, 2.45) is 0 Å². The first-order chi connectivity index (χ1) is 16.4. The van der Waals surface area contributed by atoms with Crippen LogP contribution in [0, 0.1) is 0 Å². The number of carbonyl (C=O) groups excluding carboxylic acids is 2. The number of pyridine rings is 1. The van der Waals surface area contributed by atoms with Gasteiger partial charge in [0.1, 0.15) is 11.5 Å². The zero-order chi connectivity index (χ0) is 24.0. The lowest BCUT2D eigenvalue weighted by molar-refractivity contribution is -0.113. The molecular weight excluding hydrogens is 430 g/mol. The largest absolute Gasteiger partial charge is 0.497 e. The lowest BCUT2D eigenvalue weighted by Gasteiger charge is -2.09. The van der Waals surface area contributed by atoms with Crippen LogP contribution in [0.1, 0.15) is 22.5 Å². The van der Waals surface area contributed by atoms with E-state index < -0.39 is 0 Å². The first-order valence-corrected chi connectivity index (χ1v) is 10.7. The first kappa shape index (κ1) is 21.5. The lowest BCUT2D eigenvalue weighted by Crippen LogP contribution is -2.20. The summed E-state index contributed by atoms with van der Waals surface area (Å²) in [7, 11) is 6.69. The Morgan fingerprint density at radius 1 is 0.706 bits per heavy atom. The molecule has 2 aromatic carbocycles. The van der Waals surface area contributed by atoms with Gasteiger partial charge in [-0.1, -0.05) is 6.07 Å². The van der Waals surface area contributed by atoms with E-state index in [4.69, 9.17) is 14.5 Å². The zero-order valence-corrected chi connectivity index (χ0v) is 19.3. The molecular formula is C27H23N3O4. The van der Waals surface area contributed by atoms with Crippen molar-refractivity contribution in [2.45, 2.75) is 0 Å². The normalized spacial score (nSPS) is 16.9. The average molecular weight is 453 g/mol. The van der Waals surface area contributed by atoms with Gasteiger partial charge < -0.3 is 19.3 Å². The van der Waals surface area contributed by atoms with E-state index in [9.17, 15) is 9.59 Å². The Labute approximate surface area is 197 Å². The minimum atomic E-state index is -0.109. The van der Waals surface area contributed by atoms with Crippen LogP contribution in [0.25, 0.3) is 23.3 Å². The summed E-state index contributed by atoms with van der Waals surface area (Å²) in [5.74, 6) is 1.14. The van der Waals surface area contributed by atoms with E-state index in [1.54, 1.807) is 50.3 Å². The maximum absolute atomic E-state index is 12.9. The molecule has 2 aliphatic heterocycles. The number of likely N-dealkylation sites (N-methyl/N-ethyl adjacent to an activating group) is 2. The first-order valence-electron chi connectivity index (χ1n) is 10.7. The van der Waals surface area contributed by atoms with Crippen LogP contribution in [0.2, 0.25) is 0 Å². The highest BCUT2D eigenvalue weighted by molar-refractivity contribution is 6.36. The quantitative estimate of drug-likeness (QED) is 0.556. The topological polar surface area (TPSA) is 72.0 Å². The van der Waals surface area contributed by atoms with E-state index in [1.165, 1.54) is 0 Å². The third kappa shape index (κ3) is 3.42. The van der Waals surface area contributed by atoms with E-state index in [1.807, 2.05) is 54.6 Å². The van der Waals surface area contributed by atoms with Gasteiger partial charge in [0.15, 0.2) is 0 Å². The average Bonchev–Trinajstić information content (AvgIpc) is 3.24. The molecule has 0 N–H and O–H groups in total. The number of nitrogens with zero attached hydrogens (tertiary/aromatic N) is 3. The predicted octanol–water partition coefficient (Wildman–Crippen LogP) is 4.13. The summed E-state index contributed by atoms with van der Waals surface area (Å²) in [4.78, 5) is 33.8. The molecule has 0 fully saturated rings. The molecule has 0 saturated carbocycles. The van der Waals surface area contributed by atoms with Crippen LogP contribution in [0.5, 0.6) is 11.5 Å². The molecule has 0 aliphatic carbocycles. The van der Waals surface area contributed by atoms with Crippen LogP contribution >= 0.6 is 0 Å². The number of carbonyl (C=O) groups is 2. The zero-order valence-electron chi connectivity index (χ0n) is 19.3. The van der Waals surface area contributed by atoms with Crippen LogP contribution in [-0.2, 0) is 9.59 Å². The van der Waals surface area contributed by atoms with Gasteiger partial charge in [-0.15, -0.1) is 0 Å². The predicted molar refractivity (Wildman–Crippen MR) is 133 cm³/mol. The number of hydrogen-bond donors (Lipinski definition) is 0. The minimum Gasteiger partial charge on any atom is -0.497 e. The summed E-state index contributed by atoms with van der Waals surface area (Å²) in [6.07, 6.45) is 3.54. The van der Waals surface area contributed by atoms with E-state index >= 15 is 0 Å². The Morgan fingerprint density at radius 2 is 1.15 bits per heavy atom. The fraction of sp³-hybridized carbons (Fsp3) is 0.148. The standard InChI is InChI=1S/C27H23N3O4/c1-29-24-10-8-18(33-3)14-20(24)22(26(29)31)12-16-6-5-7-17(28-16)13-23-21-15-19(34-4)9-11-25(21)30(2)27(23)32/h5-15H,1-4H3/b22-12+,23-13+. The van der Waals surface area contributed by atoms with Crippen molar-refractivity contribution in [2.75, 3.05) is 38.1 Å². The number of hydrogen-bond acceptors (Lipinski definition) is 5. The second kappa shape index (κ2) is 8.19. The number of rotatable bonds is 4. The molecule has 0 radical (unpaired) electrons. The van der Waals surface area contributed by atoms with Crippen molar-refractivity contribution < 1.29 is 19.1 Å². The summed E-state index contributed by atoms with van der Waals surface area (Å²) in [6, 6.07) is 16.6. The molecule has 3 heterocycles. The van der Waals surface area contributed by atoms with E-state index in [0.29, 0.717) is 34.0 Å². The molecule has 0 spiro atoms. The van der Waals surface area contributed by atoms with E-state index in [-0.39, 0.29) is 11.8 Å². The summed E-state index contributed by atoms with van der Waals surface area (Å²) >= 11 is 0. The molecule has 7 nitrogen and oxygen atoms in total. The third-order valence-electron chi connectivity index (χ3n) is 6.16. The van der Waals surface area contributed by atoms with Gasteiger partial charge in [0, 0.05) is 25.2 Å². The molecule has 0 unspecified atom stereocenters. The molecule has 2 aliphatic rings. The van der Waals surface area contributed by atoms with Crippen molar-refractivity contribution >= 4 is 46.5 Å². The molecule has 5 rings (SSSR count). The van der Waals surface area contributed by atoms with E-state index in [2.05, 4.69) is 0 Å². The lowest BCUT2D eigenvalue weighted by atomic mass is 10.0. The Morgan fingerprint density at radius 3 is 1.56 bits per heavy atom. The monoisotopic (exact) mass is 453 g/mol. The SMILES string of the molecule is COc1ccc2c(c1)/C(=C\c1cccc(/C=C3/C(=O)N(C)c4ccc(OC)cc43)n1)C(=O)N2C. The van der Waals surface area contributed by atoms with Gasteiger partial charge in [-0.25, -0.2) is 4.98 Å². The highest BCUT2D eigenvalue weighted by atomic mass is 16.5. The van der Waals surface area contributed by atoms with Gasteiger partial charge in [-0.3, -0.25) is 9.59 Å². The Bertz CT molecular complexity index is 1300. The fourth-order valence-electron chi connectivity index (χ4n) is 4.32. The Hall–Kier alpha value is -4.39. The van der Waals surface area contributed by atoms with Crippen molar-refractivity contribution in [3.8, 4) is 11.5 Å². The molecule has 0 atom stereocenters. The smallest absolute Gasteiger partial charge is 0.258 e. The molecule has 170 valence electrons. The van der Waals surface area contributed by atoms with E-state index in [0.717, 1.165) is 22.5 Å². The van der Waals surface area contributed by atoms with Crippen LogP contribution in [0.15, 0.2) is 54.6 Å².